The molecule has 0 radical (unpaired) electrons. The van der Waals surface area contributed by atoms with Crippen molar-refractivity contribution in [1.82, 2.24) is 0 Å². The Labute approximate surface area is 85.6 Å². The first-order chi connectivity index (χ1) is 6.40. The van der Waals surface area contributed by atoms with Crippen LogP contribution in [0.3, 0.4) is 0 Å². The minimum atomic E-state index is -0.237. The van der Waals surface area contributed by atoms with Crippen LogP contribution in [0.25, 0.3) is 0 Å². The molecule has 0 bridgehead atoms. The highest BCUT2D eigenvalue weighted by atomic mass is 16.5. The monoisotopic (exact) mass is 194 g/mol. The second-order valence-corrected chi connectivity index (χ2v) is 4.42. The second-order valence-electron chi connectivity index (χ2n) is 4.42. The van der Waals surface area contributed by atoms with E-state index in [4.69, 9.17) is 4.74 Å². The molecule has 78 valence electrons. The third kappa shape index (κ3) is 2.06. The molecule has 0 aromatic heterocycles. The standard InChI is InChI=1S/C12H18O2/c1-6-12(5)7-10(12)11(8(2)3)14-9(4)13/h6,10H,1,7H2,2-5H3/t10-,12+/m0/s1. The highest BCUT2D eigenvalue weighted by molar-refractivity contribution is 5.67. The van der Waals surface area contributed by atoms with Crippen molar-refractivity contribution in [2.24, 2.45) is 11.3 Å². The molecular formula is C12H18O2. The van der Waals surface area contributed by atoms with E-state index in [1.54, 1.807) is 0 Å². The fraction of sp³-hybridized carbons (Fsp3) is 0.583. The predicted molar refractivity (Wildman–Crippen MR) is 56.6 cm³/mol. The van der Waals surface area contributed by atoms with Crippen LogP contribution in [-0.2, 0) is 9.53 Å². The molecule has 0 spiro atoms. The Morgan fingerprint density at radius 3 is 2.36 bits per heavy atom. The van der Waals surface area contributed by atoms with Crippen molar-refractivity contribution in [2.45, 2.75) is 34.1 Å². The molecule has 0 saturated heterocycles. The average molecular weight is 194 g/mol. The fourth-order valence-electron chi connectivity index (χ4n) is 1.68. The van der Waals surface area contributed by atoms with Gasteiger partial charge in [0.05, 0.1) is 0 Å². The van der Waals surface area contributed by atoms with E-state index >= 15 is 0 Å². The van der Waals surface area contributed by atoms with Crippen LogP contribution in [-0.4, -0.2) is 5.97 Å². The van der Waals surface area contributed by atoms with Crippen LogP contribution in [0.2, 0.25) is 0 Å². The number of esters is 1. The van der Waals surface area contributed by atoms with Crippen molar-refractivity contribution in [1.29, 1.82) is 0 Å². The summed E-state index contributed by atoms with van der Waals surface area (Å²) in [5.41, 5.74) is 1.21. The first-order valence-corrected chi connectivity index (χ1v) is 4.90. The molecular weight excluding hydrogens is 176 g/mol. The van der Waals surface area contributed by atoms with Gasteiger partial charge < -0.3 is 4.74 Å². The van der Waals surface area contributed by atoms with E-state index in [0.29, 0.717) is 5.92 Å². The first kappa shape index (κ1) is 11.0. The van der Waals surface area contributed by atoms with Gasteiger partial charge in [0, 0.05) is 12.8 Å². The van der Waals surface area contributed by atoms with Crippen molar-refractivity contribution < 1.29 is 9.53 Å². The molecule has 0 aromatic carbocycles. The number of allylic oxidation sites excluding steroid dienone is 3. The van der Waals surface area contributed by atoms with E-state index in [1.165, 1.54) is 6.92 Å². The Morgan fingerprint density at radius 1 is 1.50 bits per heavy atom. The van der Waals surface area contributed by atoms with Crippen molar-refractivity contribution in [3.63, 3.8) is 0 Å². The summed E-state index contributed by atoms with van der Waals surface area (Å²) in [6, 6.07) is 0. The van der Waals surface area contributed by atoms with E-state index < -0.39 is 0 Å². The molecule has 0 aromatic rings. The van der Waals surface area contributed by atoms with E-state index in [2.05, 4.69) is 13.5 Å². The number of rotatable bonds is 3. The van der Waals surface area contributed by atoms with Gasteiger partial charge in [0.2, 0.25) is 0 Å². The molecule has 0 amide bonds. The maximum absolute atomic E-state index is 10.9. The normalized spacial score (nSPS) is 29.3. The zero-order chi connectivity index (χ0) is 10.9. The van der Waals surface area contributed by atoms with Gasteiger partial charge in [0.1, 0.15) is 5.76 Å². The van der Waals surface area contributed by atoms with E-state index in [-0.39, 0.29) is 11.4 Å². The fourth-order valence-corrected chi connectivity index (χ4v) is 1.68. The van der Waals surface area contributed by atoms with Gasteiger partial charge in [-0.05, 0) is 31.3 Å². The number of hydrogen-bond donors (Lipinski definition) is 0. The molecule has 0 unspecified atom stereocenters. The minimum Gasteiger partial charge on any atom is -0.431 e. The van der Waals surface area contributed by atoms with Gasteiger partial charge in [-0.3, -0.25) is 4.79 Å². The molecule has 14 heavy (non-hydrogen) atoms. The summed E-state index contributed by atoms with van der Waals surface area (Å²) >= 11 is 0. The van der Waals surface area contributed by atoms with Gasteiger partial charge in [0.25, 0.3) is 0 Å². The van der Waals surface area contributed by atoms with Crippen LogP contribution < -0.4 is 0 Å². The lowest BCUT2D eigenvalue weighted by molar-refractivity contribution is -0.137. The van der Waals surface area contributed by atoms with E-state index in [9.17, 15) is 4.79 Å². The van der Waals surface area contributed by atoms with Gasteiger partial charge in [-0.15, -0.1) is 6.58 Å². The Bertz CT molecular complexity index is 297. The quantitative estimate of drug-likeness (QED) is 0.392. The average Bonchev–Trinajstić information content (AvgIpc) is 2.74. The predicted octanol–water partition coefficient (Wildman–Crippen LogP) is 3.06. The molecule has 2 heteroatoms. The van der Waals surface area contributed by atoms with Gasteiger partial charge >= 0.3 is 5.97 Å². The largest absolute Gasteiger partial charge is 0.431 e. The molecule has 0 N–H and O–H groups in total. The van der Waals surface area contributed by atoms with Gasteiger partial charge in [-0.2, -0.15) is 0 Å². The highest BCUT2D eigenvalue weighted by Crippen LogP contribution is 2.57. The summed E-state index contributed by atoms with van der Waals surface area (Å²) in [6.45, 7) is 11.3. The highest BCUT2D eigenvalue weighted by Gasteiger charge is 2.51. The SMILES string of the molecule is C=C[C@]1(C)C[C@H]1C(OC(C)=O)=C(C)C. The first-order valence-electron chi connectivity index (χ1n) is 4.90. The second kappa shape index (κ2) is 3.60. The Morgan fingerprint density at radius 2 is 2.07 bits per heavy atom. The van der Waals surface area contributed by atoms with Gasteiger partial charge in [-0.25, -0.2) is 0 Å². The van der Waals surface area contributed by atoms with Crippen LogP contribution >= 0.6 is 0 Å². The zero-order valence-corrected chi connectivity index (χ0v) is 9.39. The zero-order valence-electron chi connectivity index (χ0n) is 9.39. The summed E-state index contributed by atoms with van der Waals surface area (Å²) in [7, 11) is 0. The van der Waals surface area contributed by atoms with E-state index in [1.807, 2.05) is 19.9 Å². The van der Waals surface area contributed by atoms with Gasteiger partial charge in [0.15, 0.2) is 0 Å². The lowest BCUT2D eigenvalue weighted by Crippen LogP contribution is -2.06. The molecule has 1 rings (SSSR count). The molecule has 0 heterocycles. The number of hydrogen-bond acceptors (Lipinski definition) is 2. The molecule has 1 fully saturated rings. The summed E-state index contributed by atoms with van der Waals surface area (Å²) in [5, 5.41) is 0. The Hall–Kier alpha value is -1.05. The third-order valence-corrected chi connectivity index (χ3v) is 2.81. The van der Waals surface area contributed by atoms with Crippen LogP contribution in [0.4, 0.5) is 0 Å². The maximum Gasteiger partial charge on any atom is 0.307 e. The maximum atomic E-state index is 10.9. The van der Waals surface area contributed by atoms with Crippen molar-refractivity contribution >= 4 is 5.97 Å². The molecule has 1 aliphatic carbocycles. The lowest BCUT2D eigenvalue weighted by atomic mass is 10.0. The number of carbonyl (C=O) groups is 1. The van der Waals surface area contributed by atoms with Crippen LogP contribution in [0.5, 0.6) is 0 Å². The molecule has 1 aliphatic rings. The molecule has 1 saturated carbocycles. The van der Waals surface area contributed by atoms with Crippen LogP contribution in [0, 0.1) is 11.3 Å². The third-order valence-electron chi connectivity index (χ3n) is 2.81. The number of carbonyl (C=O) groups excluding carboxylic acids is 1. The lowest BCUT2D eigenvalue weighted by Gasteiger charge is -2.11. The summed E-state index contributed by atoms with van der Waals surface area (Å²) in [5.74, 6) is 0.938. The topological polar surface area (TPSA) is 26.3 Å². The Balaban J connectivity index is 2.79. The van der Waals surface area contributed by atoms with Crippen LogP contribution in [0.15, 0.2) is 24.0 Å². The van der Waals surface area contributed by atoms with E-state index in [0.717, 1.165) is 17.8 Å². The molecule has 2 atom stereocenters. The summed E-state index contributed by atoms with van der Waals surface area (Å²) < 4.78 is 5.23. The minimum absolute atomic E-state index is 0.127. The number of ether oxygens (including phenoxy) is 1. The Kier molecular flexibility index (Phi) is 2.84. The van der Waals surface area contributed by atoms with Crippen LogP contribution in [0.1, 0.15) is 34.1 Å². The van der Waals surface area contributed by atoms with Crippen molar-refractivity contribution in [2.75, 3.05) is 0 Å². The molecule has 2 nitrogen and oxygen atoms in total. The summed E-state index contributed by atoms with van der Waals surface area (Å²) in [4.78, 5) is 10.9. The molecule has 0 aliphatic heterocycles. The van der Waals surface area contributed by atoms with Gasteiger partial charge in [-0.1, -0.05) is 13.0 Å². The van der Waals surface area contributed by atoms with Crippen molar-refractivity contribution in [3.8, 4) is 0 Å². The van der Waals surface area contributed by atoms with Crippen molar-refractivity contribution in [3.05, 3.63) is 24.0 Å². The smallest absolute Gasteiger partial charge is 0.307 e. The summed E-state index contributed by atoms with van der Waals surface area (Å²) in [6.07, 6.45) is 2.98.